The van der Waals surface area contributed by atoms with E-state index in [1.807, 2.05) is 13.8 Å². The second kappa shape index (κ2) is 7.04. The largest absolute Gasteiger partial charge is 0.406 e. The van der Waals surface area contributed by atoms with Gasteiger partial charge in [-0.25, -0.2) is 0 Å². The number of nitrogens with one attached hydrogen (secondary N) is 1. The second-order valence-electron chi connectivity index (χ2n) is 5.66. The van der Waals surface area contributed by atoms with E-state index in [0.29, 0.717) is 17.8 Å². The average molecular weight is 282 g/mol. The molecule has 1 saturated heterocycles. The van der Waals surface area contributed by atoms with Crippen LogP contribution in [0.25, 0.3) is 0 Å². The molecule has 1 aromatic rings. The summed E-state index contributed by atoms with van der Waals surface area (Å²) < 4.78 is 5.76. The van der Waals surface area contributed by atoms with E-state index < -0.39 is 0 Å². The highest BCUT2D eigenvalue weighted by Crippen LogP contribution is 2.25. The summed E-state index contributed by atoms with van der Waals surface area (Å²) in [6, 6.07) is 0.695. The minimum absolute atomic E-state index is 0.0891. The number of rotatable bonds is 6. The van der Waals surface area contributed by atoms with Gasteiger partial charge in [0.2, 0.25) is 5.89 Å². The van der Waals surface area contributed by atoms with Crippen molar-refractivity contribution in [1.82, 2.24) is 15.5 Å². The third kappa shape index (κ3) is 3.70. The molecule has 0 bridgehead atoms. The van der Waals surface area contributed by atoms with Gasteiger partial charge in [-0.05, 0) is 45.6 Å². The molecule has 1 aliphatic rings. The highest BCUT2D eigenvalue weighted by atomic mass is 16.4. The van der Waals surface area contributed by atoms with Gasteiger partial charge in [0.1, 0.15) is 0 Å². The number of aliphatic hydroxyl groups is 1. The Morgan fingerprint density at radius 1 is 1.35 bits per heavy atom. The lowest BCUT2D eigenvalue weighted by atomic mass is 9.92. The van der Waals surface area contributed by atoms with E-state index >= 15 is 0 Å². The van der Waals surface area contributed by atoms with Crippen LogP contribution in [0.1, 0.15) is 52.0 Å². The molecule has 0 aromatic carbocycles. The molecule has 2 N–H and O–H groups in total. The van der Waals surface area contributed by atoms with Crippen LogP contribution in [0.4, 0.5) is 6.01 Å². The molecule has 114 valence electrons. The van der Waals surface area contributed by atoms with E-state index in [1.54, 1.807) is 0 Å². The van der Waals surface area contributed by atoms with Crippen molar-refractivity contribution in [2.75, 3.05) is 24.5 Å². The quantitative estimate of drug-likeness (QED) is 0.827. The summed E-state index contributed by atoms with van der Waals surface area (Å²) in [5.74, 6) is 1.03. The van der Waals surface area contributed by atoms with Crippen LogP contribution in [0.5, 0.6) is 0 Å². The van der Waals surface area contributed by atoms with Crippen molar-refractivity contribution in [3.05, 3.63) is 5.89 Å². The molecule has 0 amide bonds. The predicted molar refractivity (Wildman–Crippen MR) is 77.6 cm³/mol. The molecule has 0 aliphatic carbocycles. The summed E-state index contributed by atoms with van der Waals surface area (Å²) in [5.41, 5.74) is 0. The topological polar surface area (TPSA) is 74.4 Å². The second-order valence-corrected chi connectivity index (χ2v) is 5.66. The number of aliphatic hydroxyl groups excluding tert-OH is 1. The fourth-order valence-electron chi connectivity index (χ4n) is 2.55. The van der Waals surface area contributed by atoms with Crippen LogP contribution >= 0.6 is 0 Å². The minimum atomic E-state index is -0.228. The van der Waals surface area contributed by atoms with Crippen molar-refractivity contribution in [3.63, 3.8) is 0 Å². The molecular formula is C14H26N4O2. The van der Waals surface area contributed by atoms with Crippen molar-refractivity contribution < 1.29 is 9.52 Å². The maximum absolute atomic E-state index is 9.62. The molecule has 1 aromatic heterocycles. The molecule has 20 heavy (non-hydrogen) atoms. The Bertz CT molecular complexity index is 400. The Kier molecular flexibility index (Phi) is 5.37. The lowest BCUT2D eigenvalue weighted by Gasteiger charge is -2.31. The molecule has 6 nitrogen and oxygen atoms in total. The minimum Gasteiger partial charge on any atom is -0.406 e. The first kappa shape index (κ1) is 15.3. The lowest BCUT2D eigenvalue weighted by Crippen LogP contribution is -2.37. The van der Waals surface area contributed by atoms with Gasteiger partial charge in [0, 0.05) is 13.1 Å². The van der Waals surface area contributed by atoms with Gasteiger partial charge in [0.05, 0.1) is 12.1 Å². The zero-order chi connectivity index (χ0) is 14.5. The summed E-state index contributed by atoms with van der Waals surface area (Å²) in [7, 11) is 0. The summed E-state index contributed by atoms with van der Waals surface area (Å²) >= 11 is 0. The Balaban J connectivity index is 1.89. The fraction of sp³-hybridized carbons (Fsp3) is 0.857. The van der Waals surface area contributed by atoms with Crippen molar-refractivity contribution >= 4 is 6.01 Å². The third-order valence-electron chi connectivity index (χ3n) is 3.99. The van der Waals surface area contributed by atoms with Gasteiger partial charge in [-0.3, -0.25) is 0 Å². The molecule has 0 radical (unpaired) electrons. The van der Waals surface area contributed by atoms with Crippen LogP contribution in [-0.4, -0.2) is 41.0 Å². The Morgan fingerprint density at radius 2 is 2.05 bits per heavy atom. The molecular weight excluding hydrogens is 256 g/mol. The van der Waals surface area contributed by atoms with E-state index in [2.05, 4.69) is 27.3 Å². The van der Waals surface area contributed by atoms with Gasteiger partial charge >= 0.3 is 6.01 Å². The summed E-state index contributed by atoms with van der Waals surface area (Å²) in [6.45, 7) is 8.71. The maximum Gasteiger partial charge on any atom is 0.318 e. The number of nitrogens with zero attached hydrogens (tertiary/aromatic N) is 3. The monoisotopic (exact) mass is 282 g/mol. The smallest absolute Gasteiger partial charge is 0.318 e. The predicted octanol–water partition coefficient (Wildman–Crippen LogP) is 1.73. The maximum atomic E-state index is 9.62. The normalized spacial score (nSPS) is 20.1. The third-order valence-corrected chi connectivity index (χ3v) is 3.99. The number of hydrogen-bond donors (Lipinski definition) is 2. The zero-order valence-corrected chi connectivity index (χ0v) is 12.7. The van der Waals surface area contributed by atoms with Crippen LogP contribution in [0, 0.1) is 5.92 Å². The van der Waals surface area contributed by atoms with Crippen LogP contribution in [-0.2, 0) is 0 Å². The molecule has 2 heterocycles. The van der Waals surface area contributed by atoms with E-state index in [4.69, 9.17) is 4.42 Å². The van der Waals surface area contributed by atoms with Crippen LogP contribution in [0.15, 0.2) is 4.42 Å². The van der Waals surface area contributed by atoms with Crippen LogP contribution in [0.3, 0.4) is 0 Å². The Labute approximate surface area is 120 Å². The Morgan fingerprint density at radius 3 is 2.65 bits per heavy atom. The first-order valence-electron chi connectivity index (χ1n) is 7.61. The van der Waals surface area contributed by atoms with Gasteiger partial charge in [-0.1, -0.05) is 12.0 Å². The molecule has 1 fully saturated rings. The van der Waals surface area contributed by atoms with E-state index in [-0.39, 0.29) is 12.1 Å². The van der Waals surface area contributed by atoms with Crippen molar-refractivity contribution in [2.24, 2.45) is 5.92 Å². The number of aromatic nitrogens is 2. The summed E-state index contributed by atoms with van der Waals surface area (Å²) in [6.07, 6.45) is 2.80. The molecule has 2 atom stereocenters. The van der Waals surface area contributed by atoms with E-state index in [9.17, 15) is 5.11 Å². The van der Waals surface area contributed by atoms with Gasteiger partial charge in [0.15, 0.2) is 0 Å². The first-order valence-corrected chi connectivity index (χ1v) is 7.61. The van der Waals surface area contributed by atoms with Crippen molar-refractivity contribution in [1.29, 1.82) is 0 Å². The average Bonchev–Trinajstić information content (AvgIpc) is 2.94. The molecule has 6 heteroatoms. The number of hydrogen-bond acceptors (Lipinski definition) is 6. The highest BCUT2D eigenvalue weighted by Gasteiger charge is 2.26. The highest BCUT2D eigenvalue weighted by molar-refractivity contribution is 5.25. The number of piperidine rings is 1. The zero-order valence-electron chi connectivity index (χ0n) is 12.7. The number of anilines is 1. The van der Waals surface area contributed by atoms with Gasteiger partial charge < -0.3 is 19.7 Å². The van der Waals surface area contributed by atoms with E-state index in [1.165, 1.54) is 0 Å². The van der Waals surface area contributed by atoms with E-state index in [0.717, 1.165) is 38.9 Å². The van der Waals surface area contributed by atoms with Gasteiger partial charge in [-0.15, -0.1) is 5.10 Å². The lowest BCUT2D eigenvalue weighted by molar-refractivity contribution is 0.109. The summed E-state index contributed by atoms with van der Waals surface area (Å²) in [5, 5.41) is 21.2. The van der Waals surface area contributed by atoms with Crippen molar-refractivity contribution in [2.45, 2.75) is 52.2 Å². The summed E-state index contributed by atoms with van der Waals surface area (Å²) in [4.78, 5) is 2.11. The van der Waals surface area contributed by atoms with Crippen molar-refractivity contribution in [3.8, 4) is 0 Å². The molecule has 0 spiro atoms. The van der Waals surface area contributed by atoms with Crippen LogP contribution in [0.2, 0.25) is 0 Å². The van der Waals surface area contributed by atoms with Crippen LogP contribution < -0.4 is 10.2 Å². The fourth-order valence-corrected chi connectivity index (χ4v) is 2.55. The standard InChI is InChI=1S/C14H26N4O2/c1-4-7-15-10(2)13-16-17-14(20-13)18-8-5-12(6-9-18)11(3)19/h10-12,15,19H,4-9H2,1-3H3. The molecule has 2 unspecified atom stereocenters. The molecule has 0 saturated carbocycles. The SMILES string of the molecule is CCCNC(C)c1nnc(N2CCC(C(C)O)CC2)o1. The van der Waals surface area contributed by atoms with Gasteiger partial charge in [-0.2, -0.15) is 0 Å². The molecule has 2 rings (SSSR count). The molecule has 1 aliphatic heterocycles. The Hall–Kier alpha value is -1.14. The first-order chi connectivity index (χ1) is 9.61. The van der Waals surface area contributed by atoms with Gasteiger partial charge in [0.25, 0.3) is 0 Å².